The number of aromatic nitrogens is 5. The fourth-order valence-corrected chi connectivity index (χ4v) is 6.81. The van der Waals surface area contributed by atoms with Crippen molar-refractivity contribution in [2.45, 2.75) is 56.3 Å². The Bertz CT molecular complexity index is 1890. The Morgan fingerprint density at radius 1 is 1.11 bits per heavy atom. The van der Waals surface area contributed by atoms with Crippen LogP contribution in [0.5, 0.6) is 5.75 Å². The highest BCUT2D eigenvalue weighted by Gasteiger charge is 2.23. The summed E-state index contributed by atoms with van der Waals surface area (Å²) in [6.45, 7) is 6.39. The lowest BCUT2D eigenvalue weighted by Crippen LogP contribution is -2.35. The summed E-state index contributed by atoms with van der Waals surface area (Å²) in [4.78, 5) is 28.6. The molecule has 3 aromatic heterocycles. The number of benzene rings is 2. The van der Waals surface area contributed by atoms with Crippen LogP contribution in [0.4, 0.5) is 4.39 Å². The molecule has 2 aromatic carbocycles. The molecule has 0 radical (unpaired) electrons. The second kappa shape index (κ2) is 14.1. The van der Waals surface area contributed by atoms with Crippen LogP contribution in [0, 0.1) is 17.1 Å². The van der Waals surface area contributed by atoms with E-state index in [4.69, 9.17) is 24.7 Å². The van der Waals surface area contributed by atoms with Crippen molar-refractivity contribution < 1.29 is 18.7 Å². The van der Waals surface area contributed by atoms with Crippen LogP contribution in [-0.2, 0) is 31.0 Å². The number of carbonyl (C=O) groups is 1. The van der Waals surface area contributed by atoms with E-state index < -0.39 is 5.82 Å². The number of hydrogen-bond donors (Lipinski definition) is 0. The molecular weight excluding hydrogens is 605 g/mol. The number of carbonyl (C=O) groups excluding carboxylic acids is 1. The Morgan fingerprint density at radius 2 is 1.96 bits per heavy atom. The highest BCUT2D eigenvalue weighted by Crippen LogP contribution is 2.30. The van der Waals surface area contributed by atoms with Crippen LogP contribution < -0.4 is 4.74 Å². The van der Waals surface area contributed by atoms with E-state index in [2.05, 4.69) is 21.4 Å². The van der Waals surface area contributed by atoms with Crippen LogP contribution in [0.1, 0.15) is 52.9 Å². The molecule has 1 fully saturated rings. The number of piperidine rings is 1. The molecule has 0 amide bonds. The van der Waals surface area contributed by atoms with Crippen LogP contribution in [0.15, 0.2) is 72.1 Å². The highest BCUT2D eigenvalue weighted by atomic mass is 32.2. The van der Waals surface area contributed by atoms with Crippen LogP contribution in [0.25, 0.3) is 11.0 Å². The number of fused-ring (bicyclic) bond motifs is 1. The number of nitrogens with zero attached hydrogens (tertiary/aromatic N) is 7. The Morgan fingerprint density at radius 3 is 2.72 bits per heavy atom. The predicted molar refractivity (Wildman–Crippen MR) is 172 cm³/mol. The summed E-state index contributed by atoms with van der Waals surface area (Å²) in [6, 6.07) is 17.3. The van der Waals surface area contributed by atoms with Crippen molar-refractivity contribution in [1.29, 1.82) is 5.26 Å². The topological polar surface area (TPSA) is 111 Å². The van der Waals surface area contributed by atoms with E-state index in [1.165, 1.54) is 25.3 Å². The van der Waals surface area contributed by atoms with E-state index in [0.29, 0.717) is 17.4 Å². The van der Waals surface area contributed by atoms with E-state index >= 15 is 0 Å². The van der Waals surface area contributed by atoms with Crippen molar-refractivity contribution >= 4 is 28.8 Å². The Kier molecular flexibility index (Phi) is 9.61. The number of esters is 1. The summed E-state index contributed by atoms with van der Waals surface area (Å²) in [7, 11) is 1.38. The first kappa shape index (κ1) is 31.3. The first-order valence-electron chi connectivity index (χ1n) is 15.2. The molecule has 6 rings (SSSR count). The van der Waals surface area contributed by atoms with Crippen molar-refractivity contribution in [1.82, 2.24) is 29.0 Å². The molecule has 236 valence electrons. The minimum Gasteiger partial charge on any atom is -0.484 e. The molecular formula is C34H34FN7O3S. The Balaban J connectivity index is 1.03. The second-order valence-corrected chi connectivity index (χ2v) is 12.4. The smallest absolute Gasteiger partial charge is 0.337 e. The first-order chi connectivity index (χ1) is 22.4. The van der Waals surface area contributed by atoms with Gasteiger partial charge in [-0.2, -0.15) is 5.26 Å². The average molecular weight is 640 g/mol. The van der Waals surface area contributed by atoms with Crippen molar-refractivity contribution in [3.05, 3.63) is 101 Å². The molecule has 0 aliphatic carbocycles. The minimum absolute atomic E-state index is 0.103. The third-order valence-electron chi connectivity index (χ3n) is 8.12. The van der Waals surface area contributed by atoms with Gasteiger partial charge in [-0.05, 0) is 81.4 Å². The number of imidazole rings is 2. The normalized spacial score (nSPS) is 14.0. The number of likely N-dealkylation sites (tertiary alicyclic amines) is 1. The van der Waals surface area contributed by atoms with Crippen LogP contribution in [0.2, 0.25) is 0 Å². The third kappa shape index (κ3) is 7.06. The van der Waals surface area contributed by atoms with Gasteiger partial charge in [0.2, 0.25) is 0 Å². The molecule has 5 aromatic rings. The number of rotatable bonds is 11. The molecule has 0 bridgehead atoms. The minimum atomic E-state index is -0.559. The van der Waals surface area contributed by atoms with Crippen LogP contribution >= 0.6 is 11.8 Å². The SMILES string of the molecule is CCn1c(Cn2cnc3ccc(C(=O)OC)cc32)cnc1CN1CCC(Sc2cccc(COc3ccc(C#N)cc3F)n2)CC1. The number of nitriles is 1. The van der Waals surface area contributed by atoms with Crippen molar-refractivity contribution in [2.24, 2.45) is 0 Å². The molecule has 0 N–H and O–H groups in total. The molecule has 10 nitrogen and oxygen atoms in total. The lowest BCUT2D eigenvalue weighted by atomic mass is 10.1. The largest absolute Gasteiger partial charge is 0.484 e. The quantitative estimate of drug-likeness (QED) is 0.165. The number of ether oxygens (including phenoxy) is 2. The van der Waals surface area contributed by atoms with Gasteiger partial charge in [-0.25, -0.2) is 24.1 Å². The van der Waals surface area contributed by atoms with Crippen molar-refractivity contribution in [3.63, 3.8) is 0 Å². The zero-order valence-electron chi connectivity index (χ0n) is 25.7. The molecule has 0 atom stereocenters. The Hall–Kier alpha value is -4.73. The van der Waals surface area contributed by atoms with Gasteiger partial charge in [-0.1, -0.05) is 6.07 Å². The van der Waals surface area contributed by atoms with Gasteiger partial charge < -0.3 is 18.6 Å². The summed E-state index contributed by atoms with van der Waals surface area (Å²) in [6.07, 6.45) is 5.81. The van der Waals surface area contributed by atoms with Gasteiger partial charge in [0.05, 0.1) is 77.4 Å². The van der Waals surface area contributed by atoms with Crippen molar-refractivity contribution in [2.75, 3.05) is 20.2 Å². The number of hydrogen-bond acceptors (Lipinski definition) is 9. The number of methoxy groups -OCH3 is 1. The fourth-order valence-electron chi connectivity index (χ4n) is 5.69. The molecule has 1 aliphatic rings. The predicted octanol–water partition coefficient (Wildman–Crippen LogP) is 5.83. The van der Waals surface area contributed by atoms with Gasteiger partial charge in [0.1, 0.15) is 12.4 Å². The standard InChI is InChI=1S/C34H34FN7O3S/c1-3-42-26(19-41-22-38-29-9-8-24(16-30(29)41)34(43)44-2)18-37-32(42)20-40-13-11-27(12-14-40)46-33-6-4-5-25(39-33)21-45-31-10-7-23(17-36)15-28(31)35/h4-10,15-16,18,22,27H,3,11-14,19-21H2,1-2H3. The van der Waals surface area contributed by atoms with Gasteiger partial charge in [-0.15, -0.1) is 11.8 Å². The molecule has 4 heterocycles. The molecule has 12 heteroatoms. The van der Waals surface area contributed by atoms with E-state index in [1.807, 2.05) is 47.2 Å². The van der Waals surface area contributed by atoms with E-state index in [0.717, 1.165) is 72.3 Å². The molecule has 1 saturated heterocycles. The third-order valence-corrected chi connectivity index (χ3v) is 9.39. The van der Waals surface area contributed by atoms with E-state index in [1.54, 1.807) is 24.2 Å². The van der Waals surface area contributed by atoms with Crippen molar-refractivity contribution in [3.8, 4) is 11.8 Å². The number of halogens is 1. The lowest BCUT2D eigenvalue weighted by Gasteiger charge is -2.31. The zero-order chi connectivity index (χ0) is 32.0. The molecule has 46 heavy (non-hydrogen) atoms. The maximum absolute atomic E-state index is 14.2. The first-order valence-corrected chi connectivity index (χ1v) is 16.1. The summed E-state index contributed by atoms with van der Waals surface area (Å²) >= 11 is 1.77. The Labute approximate surface area is 270 Å². The van der Waals surface area contributed by atoms with E-state index in [-0.39, 0.29) is 23.9 Å². The summed E-state index contributed by atoms with van der Waals surface area (Å²) in [5.74, 6) is 0.213. The highest BCUT2D eigenvalue weighted by molar-refractivity contribution is 7.99. The van der Waals surface area contributed by atoms with Crippen LogP contribution in [-0.4, -0.2) is 60.4 Å². The van der Waals surface area contributed by atoms with Gasteiger partial charge in [0.25, 0.3) is 0 Å². The molecule has 1 aliphatic heterocycles. The monoisotopic (exact) mass is 639 g/mol. The number of thioether (sulfide) groups is 1. The van der Waals surface area contributed by atoms with Crippen LogP contribution in [0.3, 0.4) is 0 Å². The molecule has 0 spiro atoms. The molecule has 0 saturated carbocycles. The number of pyridine rings is 1. The maximum atomic E-state index is 14.2. The van der Waals surface area contributed by atoms with Gasteiger partial charge in [0.15, 0.2) is 11.6 Å². The maximum Gasteiger partial charge on any atom is 0.337 e. The summed E-state index contributed by atoms with van der Waals surface area (Å²) < 4.78 is 29.0. The fraction of sp³-hybridized carbons (Fsp3) is 0.324. The zero-order valence-corrected chi connectivity index (χ0v) is 26.5. The van der Waals surface area contributed by atoms with E-state index in [9.17, 15) is 9.18 Å². The van der Waals surface area contributed by atoms with Gasteiger partial charge >= 0.3 is 5.97 Å². The van der Waals surface area contributed by atoms with Gasteiger partial charge in [0, 0.05) is 11.8 Å². The molecule has 0 unspecified atom stereocenters. The summed E-state index contributed by atoms with van der Waals surface area (Å²) in [5, 5.41) is 10.3. The summed E-state index contributed by atoms with van der Waals surface area (Å²) in [5.41, 5.74) is 4.26. The van der Waals surface area contributed by atoms with Gasteiger partial charge in [-0.3, -0.25) is 4.90 Å². The lowest BCUT2D eigenvalue weighted by molar-refractivity contribution is 0.0601. The average Bonchev–Trinajstić information content (AvgIpc) is 3.67. The second-order valence-electron chi connectivity index (χ2n) is 11.1.